The topological polar surface area (TPSA) is 54.9 Å². The Labute approximate surface area is 133 Å². The summed E-state index contributed by atoms with van der Waals surface area (Å²) >= 11 is 0.405. The molecule has 0 unspecified atom stereocenters. The molecule has 8 heteroatoms. The molecule has 1 N–H and O–H groups in total. The van der Waals surface area contributed by atoms with Crippen LogP contribution in [0.3, 0.4) is 0 Å². The van der Waals surface area contributed by atoms with Gasteiger partial charge in [-0.2, -0.15) is 13.2 Å². The number of thiazole rings is 1. The lowest BCUT2D eigenvalue weighted by Crippen LogP contribution is -2.14. The Morgan fingerprint density at radius 1 is 1.17 bits per heavy atom. The number of nitrogens with zero attached hydrogens (tertiary/aromatic N) is 2. The molecule has 3 rings (SSSR count). The molecule has 2 heterocycles. The molecule has 118 valence electrons. The summed E-state index contributed by atoms with van der Waals surface area (Å²) in [6.45, 7) is 0. The van der Waals surface area contributed by atoms with Gasteiger partial charge in [-0.05, 0) is 17.0 Å². The number of halogens is 3. The molecule has 0 fully saturated rings. The normalized spacial score (nSPS) is 11.6. The molecule has 0 aliphatic carbocycles. The number of amides is 1. The fraction of sp³-hybridized carbons (Fsp3) is 0.133. The van der Waals surface area contributed by atoms with Crippen molar-refractivity contribution in [2.24, 2.45) is 0 Å². The monoisotopic (exact) mass is 337 g/mol. The van der Waals surface area contributed by atoms with Gasteiger partial charge in [0.2, 0.25) is 5.91 Å². The Hall–Kier alpha value is -2.48. The second kappa shape index (κ2) is 5.96. The van der Waals surface area contributed by atoms with Crippen molar-refractivity contribution in [1.29, 1.82) is 0 Å². The van der Waals surface area contributed by atoms with Gasteiger partial charge in [-0.25, -0.2) is 4.98 Å². The number of fused-ring (bicyclic) bond motifs is 1. The summed E-state index contributed by atoms with van der Waals surface area (Å²) in [6.07, 6.45) is -0.316. The third-order valence-corrected chi connectivity index (χ3v) is 4.06. The molecule has 23 heavy (non-hydrogen) atoms. The van der Waals surface area contributed by atoms with Crippen LogP contribution >= 0.6 is 11.3 Å². The van der Waals surface area contributed by atoms with Crippen LogP contribution in [0.1, 0.15) is 10.4 Å². The highest BCUT2D eigenvalue weighted by Gasteiger charge is 2.33. The van der Waals surface area contributed by atoms with Gasteiger partial charge in [0.25, 0.3) is 0 Å². The maximum atomic E-state index is 12.5. The second-order valence-electron chi connectivity index (χ2n) is 4.81. The number of hydrogen-bond donors (Lipinski definition) is 1. The van der Waals surface area contributed by atoms with E-state index in [0.717, 1.165) is 16.3 Å². The molecule has 2 aromatic heterocycles. The quantitative estimate of drug-likeness (QED) is 0.789. The molecule has 0 atom stereocenters. The highest BCUT2D eigenvalue weighted by Crippen LogP contribution is 2.35. The van der Waals surface area contributed by atoms with Crippen molar-refractivity contribution in [2.45, 2.75) is 12.6 Å². The largest absolute Gasteiger partial charge is 0.427 e. The minimum atomic E-state index is -4.45. The van der Waals surface area contributed by atoms with E-state index in [1.165, 1.54) is 0 Å². The first-order chi connectivity index (χ1) is 10.9. The van der Waals surface area contributed by atoms with E-state index in [4.69, 9.17) is 0 Å². The van der Waals surface area contributed by atoms with Crippen LogP contribution in [-0.4, -0.2) is 15.9 Å². The molecule has 0 aliphatic heterocycles. The van der Waals surface area contributed by atoms with Crippen molar-refractivity contribution in [1.82, 2.24) is 9.97 Å². The lowest BCUT2D eigenvalue weighted by Gasteiger charge is -2.04. The summed E-state index contributed by atoms with van der Waals surface area (Å²) < 4.78 is 37.5. The van der Waals surface area contributed by atoms with Crippen molar-refractivity contribution in [3.63, 3.8) is 0 Å². The number of aromatic nitrogens is 2. The first kappa shape index (κ1) is 15.4. The number of rotatable bonds is 3. The van der Waals surface area contributed by atoms with Gasteiger partial charge >= 0.3 is 6.18 Å². The van der Waals surface area contributed by atoms with Crippen LogP contribution in [0.2, 0.25) is 0 Å². The van der Waals surface area contributed by atoms with Gasteiger partial charge in [0.15, 0.2) is 5.13 Å². The molecule has 3 aromatic rings. The van der Waals surface area contributed by atoms with Crippen LogP contribution in [0, 0.1) is 0 Å². The number of anilines is 1. The Balaban J connectivity index is 1.69. The van der Waals surface area contributed by atoms with E-state index < -0.39 is 17.0 Å². The fourth-order valence-electron chi connectivity index (χ4n) is 2.05. The van der Waals surface area contributed by atoms with E-state index in [9.17, 15) is 18.0 Å². The molecule has 1 aromatic carbocycles. The Kier molecular flexibility index (Phi) is 3.99. The van der Waals surface area contributed by atoms with Gasteiger partial charge in [-0.15, -0.1) is 0 Å². The predicted molar refractivity (Wildman–Crippen MR) is 81.2 cm³/mol. The lowest BCUT2D eigenvalue weighted by molar-refractivity contribution is -0.134. The molecule has 1 amide bonds. The Morgan fingerprint density at radius 2 is 2.00 bits per heavy atom. The van der Waals surface area contributed by atoms with Crippen LogP contribution in [-0.2, 0) is 17.4 Å². The average Bonchev–Trinajstić information content (AvgIpc) is 2.95. The first-order valence-electron chi connectivity index (χ1n) is 6.57. The summed E-state index contributed by atoms with van der Waals surface area (Å²) in [5.41, 5.74) is 0.758. The number of alkyl halides is 3. The summed E-state index contributed by atoms with van der Waals surface area (Å²) in [5.74, 6) is -0.415. The predicted octanol–water partition coefficient (Wildman–Crippen LogP) is 3.89. The number of carbonyl (C=O) groups is 1. The van der Waals surface area contributed by atoms with Crippen LogP contribution in [0.25, 0.3) is 10.8 Å². The van der Waals surface area contributed by atoms with E-state index in [-0.39, 0.29) is 11.6 Å². The number of nitrogens with one attached hydrogen (secondary N) is 1. The molecule has 0 saturated carbocycles. The van der Waals surface area contributed by atoms with Crippen LogP contribution in [0.4, 0.5) is 18.3 Å². The van der Waals surface area contributed by atoms with Crippen LogP contribution in [0.5, 0.6) is 0 Å². The van der Waals surface area contributed by atoms with E-state index in [0.29, 0.717) is 17.5 Å². The van der Waals surface area contributed by atoms with Gasteiger partial charge in [-0.1, -0.05) is 29.5 Å². The van der Waals surface area contributed by atoms with E-state index in [1.54, 1.807) is 18.5 Å². The molecular formula is C15H10F3N3OS. The van der Waals surface area contributed by atoms with Crippen LogP contribution in [0.15, 0.2) is 42.9 Å². The fourth-order valence-corrected chi connectivity index (χ4v) is 2.75. The zero-order chi connectivity index (χ0) is 16.4. The van der Waals surface area contributed by atoms with Gasteiger partial charge in [0.05, 0.1) is 12.6 Å². The van der Waals surface area contributed by atoms with Crippen molar-refractivity contribution in [3.05, 3.63) is 53.3 Å². The summed E-state index contributed by atoms with van der Waals surface area (Å²) in [4.78, 5) is 18.7. The van der Waals surface area contributed by atoms with Gasteiger partial charge in [-0.3, -0.25) is 9.78 Å². The van der Waals surface area contributed by atoms with Crippen molar-refractivity contribution >= 4 is 33.1 Å². The molecule has 0 saturated heterocycles. The number of carbonyl (C=O) groups excluding carboxylic acids is 1. The maximum absolute atomic E-state index is 12.5. The molecule has 4 nitrogen and oxygen atoms in total. The number of benzene rings is 1. The average molecular weight is 337 g/mol. The number of hydrogen-bond acceptors (Lipinski definition) is 4. The minimum absolute atomic E-state index is 0.0548. The van der Waals surface area contributed by atoms with Crippen LogP contribution < -0.4 is 5.32 Å². The molecular weight excluding hydrogens is 327 g/mol. The van der Waals surface area contributed by atoms with Gasteiger partial charge in [0, 0.05) is 17.8 Å². The molecule has 0 radical (unpaired) electrons. The maximum Gasteiger partial charge on any atom is 0.427 e. The molecule has 0 bridgehead atoms. The summed E-state index contributed by atoms with van der Waals surface area (Å²) in [7, 11) is 0. The molecule has 0 spiro atoms. The third-order valence-electron chi connectivity index (χ3n) is 3.10. The minimum Gasteiger partial charge on any atom is -0.302 e. The Morgan fingerprint density at radius 3 is 2.74 bits per heavy atom. The summed E-state index contributed by atoms with van der Waals surface area (Å²) in [6, 6.07) is 7.30. The van der Waals surface area contributed by atoms with E-state index in [2.05, 4.69) is 15.3 Å². The van der Waals surface area contributed by atoms with Gasteiger partial charge in [0.1, 0.15) is 4.88 Å². The van der Waals surface area contributed by atoms with Crippen molar-refractivity contribution < 1.29 is 18.0 Å². The lowest BCUT2D eigenvalue weighted by atomic mass is 10.1. The van der Waals surface area contributed by atoms with E-state index >= 15 is 0 Å². The van der Waals surface area contributed by atoms with Crippen molar-refractivity contribution in [3.8, 4) is 0 Å². The summed E-state index contributed by atoms with van der Waals surface area (Å²) in [5, 5.41) is 4.22. The zero-order valence-corrected chi connectivity index (χ0v) is 12.4. The SMILES string of the molecule is O=C(Cc1ccc2cnccc2c1)Nc1ncc(C(F)(F)F)s1. The van der Waals surface area contributed by atoms with Crippen molar-refractivity contribution in [2.75, 3.05) is 5.32 Å². The zero-order valence-electron chi connectivity index (χ0n) is 11.6. The first-order valence-corrected chi connectivity index (χ1v) is 7.39. The standard InChI is InChI=1S/C15H10F3N3OS/c16-15(17,18)12-8-20-14(23-12)21-13(22)6-9-1-2-11-7-19-4-3-10(11)5-9/h1-5,7-8H,6H2,(H,20,21,22). The second-order valence-corrected chi connectivity index (χ2v) is 5.84. The highest BCUT2D eigenvalue weighted by molar-refractivity contribution is 7.15. The molecule has 0 aliphatic rings. The Bertz CT molecular complexity index is 860. The third kappa shape index (κ3) is 3.65. The highest BCUT2D eigenvalue weighted by atomic mass is 32.1. The smallest absolute Gasteiger partial charge is 0.302 e. The number of pyridine rings is 1. The van der Waals surface area contributed by atoms with E-state index in [1.807, 2.05) is 18.2 Å². The van der Waals surface area contributed by atoms with Gasteiger partial charge < -0.3 is 5.32 Å².